The van der Waals surface area contributed by atoms with Crippen LogP contribution in [0.1, 0.15) is 56.7 Å². The van der Waals surface area contributed by atoms with Crippen molar-refractivity contribution in [2.45, 2.75) is 52.5 Å². The monoisotopic (exact) mass is 336 g/mol. The molecule has 1 aliphatic heterocycles. The maximum absolute atomic E-state index is 9.90. The maximum atomic E-state index is 9.90. The smallest absolute Gasteiger partial charge is 0.141 e. The number of rotatable bonds is 3. The van der Waals surface area contributed by atoms with Crippen molar-refractivity contribution in [2.75, 3.05) is 11.4 Å². The number of benzene rings is 2. The molecule has 132 valence electrons. The van der Waals surface area contributed by atoms with Crippen LogP contribution in [-0.2, 0) is 0 Å². The lowest BCUT2D eigenvalue weighted by Crippen LogP contribution is -2.48. The molecule has 0 amide bonds. The molecule has 0 aromatic heterocycles. The molecule has 0 spiro atoms. The largest absolute Gasteiger partial charge is 0.506 e. The van der Waals surface area contributed by atoms with Crippen LogP contribution in [0.25, 0.3) is 0 Å². The standard InChI is InChI=1S/C22H28N2O/c1-6-24-20-11-15(2)17(12-18(20)16(3)13-22(24,4)5)14-23-19-9-7-8-10-21(19)25/h7-12,14,16,25H,6,13H2,1-5H3. The highest BCUT2D eigenvalue weighted by Gasteiger charge is 2.35. The number of nitrogens with zero attached hydrogens (tertiary/aromatic N) is 2. The second kappa shape index (κ2) is 6.55. The molecular formula is C22H28N2O. The fourth-order valence-electron chi connectivity index (χ4n) is 4.10. The van der Waals surface area contributed by atoms with E-state index in [4.69, 9.17) is 0 Å². The Hall–Kier alpha value is -2.29. The van der Waals surface area contributed by atoms with Crippen LogP contribution in [0.3, 0.4) is 0 Å². The lowest BCUT2D eigenvalue weighted by Gasteiger charge is -2.47. The van der Waals surface area contributed by atoms with Gasteiger partial charge in [0.15, 0.2) is 0 Å². The zero-order valence-corrected chi connectivity index (χ0v) is 15.9. The molecule has 0 saturated heterocycles. The number of aliphatic imine (C=N–C) groups is 1. The SMILES string of the molecule is CCN1c2cc(C)c(C=Nc3ccccc3O)cc2C(C)CC1(C)C. The van der Waals surface area contributed by atoms with Crippen LogP contribution in [0.2, 0.25) is 0 Å². The Kier molecular flexibility index (Phi) is 4.59. The second-order valence-corrected chi connectivity index (χ2v) is 7.68. The molecule has 1 aliphatic rings. The van der Waals surface area contributed by atoms with Gasteiger partial charge in [-0.15, -0.1) is 0 Å². The van der Waals surface area contributed by atoms with Crippen LogP contribution in [0, 0.1) is 6.92 Å². The average Bonchev–Trinajstić information content (AvgIpc) is 2.54. The van der Waals surface area contributed by atoms with Gasteiger partial charge in [0.25, 0.3) is 0 Å². The molecule has 1 N–H and O–H groups in total. The number of aryl methyl sites for hydroxylation is 1. The minimum Gasteiger partial charge on any atom is -0.506 e. The van der Waals surface area contributed by atoms with Crippen molar-refractivity contribution in [3.8, 4) is 5.75 Å². The van der Waals surface area contributed by atoms with E-state index in [-0.39, 0.29) is 11.3 Å². The Morgan fingerprint density at radius 2 is 2.00 bits per heavy atom. The molecule has 1 atom stereocenters. The van der Waals surface area contributed by atoms with Crippen LogP contribution < -0.4 is 4.90 Å². The van der Waals surface area contributed by atoms with E-state index in [1.54, 1.807) is 12.1 Å². The first-order chi connectivity index (χ1) is 11.8. The molecule has 0 bridgehead atoms. The van der Waals surface area contributed by atoms with Crippen LogP contribution >= 0.6 is 0 Å². The third-order valence-electron chi connectivity index (χ3n) is 5.31. The summed E-state index contributed by atoms with van der Waals surface area (Å²) < 4.78 is 0. The van der Waals surface area contributed by atoms with Crippen LogP contribution in [0.5, 0.6) is 5.75 Å². The van der Waals surface area contributed by atoms with Gasteiger partial charge in [0.05, 0.1) is 0 Å². The van der Waals surface area contributed by atoms with Crippen molar-refractivity contribution in [1.29, 1.82) is 0 Å². The third-order valence-corrected chi connectivity index (χ3v) is 5.31. The van der Waals surface area contributed by atoms with Gasteiger partial charge in [0.2, 0.25) is 0 Å². The first-order valence-corrected chi connectivity index (χ1v) is 9.07. The predicted octanol–water partition coefficient (Wildman–Crippen LogP) is 5.56. The topological polar surface area (TPSA) is 35.8 Å². The zero-order valence-electron chi connectivity index (χ0n) is 15.9. The highest BCUT2D eigenvalue weighted by molar-refractivity contribution is 5.86. The van der Waals surface area contributed by atoms with Crippen molar-refractivity contribution >= 4 is 17.6 Å². The lowest BCUT2D eigenvalue weighted by molar-refractivity contribution is 0.381. The fraction of sp³-hybridized carbons (Fsp3) is 0.409. The number of phenols is 1. The number of fused-ring (bicyclic) bond motifs is 1. The summed E-state index contributed by atoms with van der Waals surface area (Å²) in [6.07, 6.45) is 3.01. The van der Waals surface area contributed by atoms with E-state index >= 15 is 0 Å². The Morgan fingerprint density at radius 1 is 1.28 bits per heavy atom. The summed E-state index contributed by atoms with van der Waals surface area (Å²) in [6, 6.07) is 11.7. The fourth-order valence-corrected chi connectivity index (χ4v) is 4.10. The van der Waals surface area contributed by atoms with E-state index in [1.807, 2.05) is 18.3 Å². The number of aromatic hydroxyl groups is 1. The van der Waals surface area contributed by atoms with Gasteiger partial charge in [-0.3, -0.25) is 4.99 Å². The van der Waals surface area contributed by atoms with Gasteiger partial charge in [0.1, 0.15) is 11.4 Å². The van der Waals surface area contributed by atoms with Crippen LogP contribution in [0.4, 0.5) is 11.4 Å². The summed E-state index contributed by atoms with van der Waals surface area (Å²) in [5.41, 5.74) is 5.85. The molecule has 25 heavy (non-hydrogen) atoms. The molecule has 0 radical (unpaired) electrons. The first-order valence-electron chi connectivity index (χ1n) is 9.07. The molecule has 3 nitrogen and oxygen atoms in total. The van der Waals surface area contributed by atoms with Gasteiger partial charge in [-0.05, 0) is 81.0 Å². The summed E-state index contributed by atoms with van der Waals surface area (Å²) in [4.78, 5) is 7.00. The van der Waals surface area contributed by atoms with Crippen LogP contribution in [-0.4, -0.2) is 23.4 Å². The first kappa shape index (κ1) is 17.5. The molecule has 3 rings (SSSR count). The predicted molar refractivity (Wildman–Crippen MR) is 107 cm³/mol. The highest BCUT2D eigenvalue weighted by Crippen LogP contribution is 2.44. The highest BCUT2D eigenvalue weighted by atomic mass is 16.3. The number of anilines is 1. The Labute approximate surface area is 151 Å². The van der Waals surface area contributed by atoms with Crippen LogP contribution in [0.15, 0.2) is 41.4 Å². The molecule has 0 saturated carbocycles. The molecule has 3 heteroatoms. The van der Waals surface area contributed by atoms with Crippen molar-refractivity contribution in [2.24, 2.45) is 4.99 Å². The van der Waals surface area contributed by atoms with Gasteiger partial charge in [-0.25, -0.2) is 0 Å². The summed E-state index contributed by atoms with van der Waals surface area (Å²) in [5, 5.41) is 9.90. The molecule has 2 aromatic carbocycles. The van der Waals surface area contributed by atoms with Gasteiger partial charge in [-0.1, -0.05) is 19.1 Å². The van der Waals surface area contributed by atoms with Gasteiger partial charge in [0, 0.05) is 24.0 Å². The van der Waals surface area contributed by atoms with E-state index < -0.39 is 0 Å². The minimum absolute atomic E-state index is 0.180. The van der Waals surface area contributed by atoms with E-state index in [9.17, 15) is 5.11 Å². The molecule has 2 aromatic rings. The molecule has 0 fully saturated rings. The van der Waals surface area contributed by atoms with Gasteiger partial charge < -0.3 is 10.0 Å². The number of phenolic OH excluding ortho intramolecular Hbond substituents is 1. The summed E-state index contributed by atoms with van der Waals surface area (Å²) >= 11 is 0. The maximum Gasteiger partial charge on any atom is 0.141 e. The summed E-state index contributed by atoms with van der Waals surface area (Å²) in [6.45, 7) is 12.3. The number of hydrogen-bond donors (Lipinski definition) is 1. The molecule has 1 unspecified atom stereocenters. The average molecular weight is 336 g/mol. The van der Waals surface area contributed by atoms with E-state index in [0.29, 0.717) is 11.6 Å². The second-order valence-electron chi connectivity index (χ2n) is 7.68. The van der Waals surface area contributed by atoms with E-state index in [1.165, 1.54) is 16.8 Å². The van der Waals surface area contributed by atoms with Gasteiger partial charge >= 0.3 is 0 Å². The van der Waals surface area contributed by atoms with E-state index in [2.05, 4.69) is 56.6 Å². The van der Waals surface area contributed by atoms with Crippen molar-refractivity contribution in [1.82, 2.24) is 0 Å². The minimum atomic E-state index is 0.180. The molecular weight excluding hydrogens is 308 g/mol. The Morgan fingerprint density at radius 3 is 2.68 bits per heavy atom. The van der Waals surface area contributed by atoms with Gasteiger partial charge in [-0.2, -0.15) is 0 Å². The summed E-state index contributed by atoms with van der Waals surface area (Å²) in [5.74, 6) is 0.729. The Balaban J connectivity index is 2.02. The van der Waals surface area contributed by atoms with Crippen molar-refractivity contribution < 1.29 is 5.11 Å². The van der Waals surface area contributed by atoms with Crippen molar-refractivity contribution in [3.63, 3.8) is 0 Å². The number of hydrogen-bond acceptors (Lipinski definition) is 3. The Bertz CT molecular complexity index is 808. The lowest BCUT2D eigenvalue weighted by atomic mass is 9.79. The number of para-hydroxylation sites is 2. The normalized spacial score (nSPS) is 19.2. The zero-order chi connectivity index (χ0) is 18.2. The van der Waals surface area contributed by atoms with E-state index in [0.717, 1.165) is 18.5 Å². The molecule has 0 aliphatic carbocycles. The van der Waals surface area contributed by atoms with Crippen molar-refractivity contribution in [3.05, 3.63) is 53.1 Å². The quantitative estimate of drug-likeness (QED) is 0.744. The third kappa shape index (κ3) is 3.28. The molecule has 1 heterocycles. The summed E-state index contributed by atoms with van der Waals surface area (Å²) in [7, 11) is 0.